The molecule has 2 N–H and O–H groups in total. The van der Waals surface area contributed by atoms with Crippen molar-refractivity contribution < 1.29 is 9.72 Å². The van der Waals surface area contributed by atoms with Gasteiger partial charge < -0.3 is 10.6 Å². The van der Waals surface area contributed by atoms with Crippen molar-refractivity contribution in [3.63, 3.8) is 0 Å². The van der Waals surface area contributed by atoms with E-state index >= 15 is 0 Å². The zero-order valence-electron chi connectivity index (χ0n) is 11.9. The molecule has 2 atom stereocenters. The van der Waals surface area contributed by atoms with Crippen molar-refractivity contribution in [2.24, 2.45) is 5.73 Å². The Balaban J connectivity index is 2.05. The Labute approximate surface area is 123 Å². The molecule has 1 aliphatic rings. The molecule has 112 valence electrons. The van der Waals surface area contributed by atoms with Crippen molar-refractivity contribution in [3.8, 4) is 0 Å². The maximum absolute atomic E-state index is 12.2. The van der Waals surface area contributed by atoms with Gasteiger partial charge in [0.25, 0.3) is 5.69 Å². The fourth-order valence-electron chi connectivity index (χ4n) is 2.54. The van der Waals surface area contributed by atoms with E-state index in [2.05, 4.69) is 0 Å². The lowest BCUT2D eigenvalue weighted by Crippen LogP contribution is -2.47. The summed E-state index contributed by atoms with van der Waals surface area (Å²) in [6.45, 7) is 2.64. The highest BCUT2D eigenvalue weighted by Gasteiger charge is 2.25. The summed E-state index contributed by atoms with van der Waals surface area (Å²) in [5.74, 6) is -0.0825. The number of non-ortho nitro benzene ring substituents is 1. The third-order valence-corrected chi connectivity index (χ3v) is 3.70. The van der Waals surface area contributed by atoms with Crippen LogP contribution in [0.15, 0.2) is 30.3 Å². The number of likely N-dealkylation sites (tertiary alicyclic amines) is 1. The minimum atomic E-state index is -0.451. The average molecular weight is 289 g/mol. The van der Waals surface area contributed by atoms with Crippen LogP contribution in [0, 0.1) is 10.1 Å². The van der Waals surface area contributed by atoms with E-state index in [-0.39, 0.29) is 23.7 Å². The molecule has 0 aliphatic carbocycles. The molecule has 0 bridgehead atoms. The monoisotopic (exact) mass is 289 g/mol. The smallest absolute Gasteiger partial charge is 0.270 e. The molecule has 0 saturated carbocycles. The van der Waals surface area contributed by atoms with Crippen LogP contribution in [-0.4, -0.2) is 34.4 Å². The number of rotatable bonds is 3. The van der Waals surface area contributed by atoms with Crippen molar-refractivity contribution in [1.82, 2.24) is 4.90 Å². The topological polar surface area (TPSA) is 89.5 Å². The minimum absolute atomic E-state index is 0.0157. The van der Waals surface area contributed by atoms with Gasteiger partial charge >= 0.3 is 0 Å². The Hall–Kier alpha value is -2.21. The number of nitro groups is 1. The standard InChI is InChI=1S/C15H19N3O3/c1-11-9-13(16)7-8-17(11)15(19)6-5-12-3-2-4-14(10-12)18(20)21/h2-6,10-11,13H,7-9,16H2,1H3/b6-5+. The van der Waals surface area contributed by atoms with Crippen LogP contribution in [0.1, 0.15) is 25.3 Å². The number of amides is 1. The van der Waals surface area contributed by atoms with Gasteiger partial charge in [0.05, 0.1) is 4.92 Å². The summed E-state index contributed by atoms with van der Waals surface area (Å²) in [6.07, 6.45) is 4.68. The molecular weight excluding hydrogens is 270 g/mol. The maximum Gasteiger partial charge on any atom is 0.270 e. The second-order valence-electron chi connectivity index (χ2n) is 5.35. The molecule has 1 aromatic rings. The number of carbonyl (C=O) groups excluding carboxylic acids is 1. The number of nitro benzene ring substituents is 1. The molecular formula is C15H19N3O3. The molecule has 6 nitrogen and oxygen atoms in total. The first kappa shape index (κ1) is 15.2. The fraction of sp³-hybridized carbons (Fsp3) is 0.400. The summed E-state index contributed by atoms with van der Waals surface area (Å²) >= 11 is 0. The molecule has 0 aromatic heterocycles. The second-order valence-corrected chi connectivity index (χ2v) is 5.35. The predicted octanol–water partition coefficient (Wildman–Crippen LogP) is 1.95. The Morgan fingerprint density at radius 1 is 1.52 bits per heavy atom. The Kier molecular flexibility index (Phi) is 4.70. The van der Waals surface area contributed by atoms with Gasteiger partial charge in [0.1, 0.15) is 0 Å². The van der Waals surface area contributed by atoms with Gasteiger partial charge in [-0.15, -0.1) is 0 Å². The molecule has 6 heteroatoms. The zero-order valence-corrected chi connectivity index (χ0v) is 11.9. The summed E-state index contributed by atoms with van der Waals surface area (Å²) in [7, 11) is 0. The molecule has 21 heavy (non-hydrogen) atoms. The number of hydrogen-bond donors (Lipinski definition) is 1. The number of piperidine rings is 1. The highest BCUT2D eigenvalue weighted by molar-refractivity contribution is 5.92. The van der Waals surface area contributed by atoms with Crippen LogP contribution in [0.2, 0.25) is 0 Å². The highest BCUT2D eigenvalue weighted by atomic mass is 16.6. The number of hydrogen-bond acceptors (Lipinski definition) is 4. The molecule has 1 aliphatic heterocycles. The van der Waals surface area contributed by atoms with Crippen LogP contribution in [0.25, 0.3) is 6.08 Å². The molecule has 2 rings (SSSR count). The SMILES string of the molecule is CC1CC(N)CCN1C(=O)/C=C/c1cccc([N+](=O)[O-])c1. The van der Waals surface area contributed by atoms with E-state index in [0.29, 0.717) is 12.1 Å². The zero-order chi connectivity index (χ0) is 15.4. The van der Waals surface area contributed by atoms with Crippen molar-refractivity contribution >= 4 is 17.7 Å². The van der Waals surface area contributed by atoms with E-state index in [1.807, 2.05) is 6.92 Å². The van der Waals surface area contributed by atoms with Crippen LogP contribution in [0.3, 0.4) is 0 Å². The Bertz CT molecular complexity index is 571. The highest BCUT2D eigenvalue weighted by Crippen LogP contribution is 2.17. The molecule has 2 unspecified atom stereocenters. The first-order valence-electron chi connectivity index (χ1n) is 6.96. The maximum atomic E-state index is 12.2. The number of benzene rings is 1. The molecule has 1 saturated heterocycles. The van der Waals surface area contributed by atoms with Gasteiger partial charge in [-0.3, -0.25) is 14.9 Å². The predicted molar refractivity (Wildman–Crippen MR) is 80.5 cm³/mol. The Morgan fingerprint density at radius 2 is 2.29 bits per heavy atom. The minimum Gasteiger partial charge on any atom is -0.336 e. The van der Waals surface area contributed by atoms with Gasteiger partial charge in [-0.25, -0.2) is 0 Å². The first-order chi connectivity index (χ1) is 9.97. The van der Waals surface area contributed by atoms with Crippen LogP contribution in [0.5, 0.6) is 0 Å². The van der Waals surface area contributed by atoms with Crippen LogP contribution < -0.4 is 5.73 Å². The number of nitrogens with zero attached hydrogens (tertiary/aromatic N) is 2. The fourth-order valence-corrected chi connectivity index (χ4v) is 2.54. The lowest BCUT2D eigenvalue weighted by molar-refractivity contribution is -0.384. The van der Waals surface area contributed by atoms with E-state index in [0.717, 1.165) is 12.8 Å². The third kappa shape index (κ3) is 3.88. The van der Waals surface area contributed by atoms with Gasteiger partial charge in [0.15, 0.2) is 0 Å². The van der Waals surface area contributed by atoms with Gasteiger partial charge in [0, 0.05) is 36.8 Å². The summed E-state index contributed by atoms with van der Waals surface area (Å²) in [4.78, 5) is 24.2. The van der Waals surface area contributed by atoms with Crippen molar-refractivity contribution in [2.45, 2.75) is 31.8 Å². The first-order valence-corrected chi connectivity index (χ1v) is 6.96. The van der Waals surface area contributed by atoms with Gasteiger partial charge in [-0.1, -0.05) is 12.1 Å². The summed E-state index contributed by atoms with van der Waals surface area (Å²) in [6, 6.07) is 6.48. The molecule has 1 fully saturated rings. The number of carbonyl (C=O) groups is 1. The lowest BCUT2D eigenvalue weighted by atomic mass is 9.99. The Morgan fingerprint density at radius 3 is 2.95 bits per heavy atom. The average Bonchev–Trinajstić information content (AvgIpc) is 2.45. The van der Waals surface area contributed by atoms with Crippen LogP contribution >= 0.6 is 0 Å². The molecule has 0 spiro atoms. The molecule has 1 aromatic carbocycles. The van der Waals surface area contributed by atoms with E-state index < -0.39 is 4.92 Å². The normalized spacial score (nSPS) is 22.5. The number of nitrogens with two attached hydrogens (primary N) is 1. The van der Waals surface area contributed by atoms with Gasteiger partial charge in [-0.2, -0.15) is 0 Å². The second kappa shape index (κ2) is 6.49. The molecule has 0 radical (unpaired) electrons. The quantitative estimate of drug-likeness (QED) is 0.523. The van der Waals surface area contributed by atoms with Crippen molar-refractivity contribution in [3.05, 3.63) is 46.0 Å². The van der Waals surface area contributed by atoms with Crippen molar-refractivity contribution in [1.29, 1.82) is 0 Å². The summed E-state index contributed by atoms with van der Waals surface area (Å²) in [5.41, 5.74) is 6.53. The van der Waals surface area contributed by atoms with E-state index in [1.54, 1.807) is 23.1 Å². The van der Waals surface area contributed by atoms with E-state index in [4.69, 9.17) is 5.73 Å². The van der Waals surface area contributed by atoms with Crippen molar-refractivity contribution in [2.75, 3.05) is 6.54 Å². The molecule has 1 heterocycles. The lowest BCUT2D eigenvalue weighted by Gasteiger charge is -2.35. The van der Waals surface area contributed by atoms with Crippen LogP contribution in [0.4, 0.5) is 5.69 Å². The van der Waals surface area contributed by atoms with Gasteiger partial charge in [0.2, 0.25) is 5.91 Å². The van der Waals surface area contributed by atoms with E-state index in [1.165, 1.54) is 18.2 Å². The van der Waals surface area contributed by atoms with Gasteiger partial charge in [-0.05, 0) is 31.4 Å². The largest absolute Gasteiger partial charge is 0.336 e. The van der Waals surface area contributed by atoms with Crippen LogP contribution in [-0.2, 0) is 4.79 Å². The summed E-state index contributed by atoms with van der Waals surface area (Å²) < 4.78 is 0. The van der Waals surface area contributed by atoms with E-state index in [9.17, 15) is 14.9 Å². The summed E-state index contributed by atoms with van der Waals surface area (Å²) in [5, 5.41) is 10.7. The third-order valence-electron chi connectivity index (χ3n) is 3.70. The molecule has 1 amide bonds.